The zero-order valence-electron chi connectivity index (χ0n) is 26.4. The Hall–Kier alpha value is -4.24. The SMILES string of the molecule is CCC(=O)N(CC)C1CCC(CC(=O)Nc2cc(-c3ccccc3)c(-c3ccc(C4(NC(=O)O)CC(C)(O)C4)cc3)cn2)CC1. The smallest absolute Gasteiger partial charge is 0.405 e. The van der Waals surface area contributed by atoms with E-state index in [2.05, 4.69) is 15.6 Å². The van der Waals surface area contributed by atoms with E-state index in [1.807, 2.05) is 79.4 Å². The van der Waals surface area contributed by atoms with Crippen molar-refractivity contribution in [2.45, 2.75) is 89.3 Å². The van der Waals surface area contributed by atoms with E-state index in [0.717, 1.165) is 60.0 Å². The number of rotatable bonds is 10. The minimum absolute atomic E-state index is 0.0633. The van der Waals surface area contributed by atoms with Gasteiger partial charge in [0.15, 0.2) is 0 Å². The fourth-order valence-electron chi connectivity index (χ4n) is 7.35. The molecule has 3 amide bonds. The van der Waals surface area contributed by atoms with Gasteiger partial charge in [-0.2, -0.15) is 0 Å². The monoisotopic (exact) mass is 612 g/mol. The summed E-state index contributed by atoms with van der Waals surface area (Å²) in [6.07, 6.45) is 5.88. The average Bonchev–Trinajstić information content (AvgIpc) is 3.01. The van der Waals surface area contributed by atoms with Gasteiger partial charge in [-0.3, -0.25) is 9.59 Å². The molecule has 2 fully saturated rings. The Balaban J connectivity index is 1.30. The molecule has 0 spiro atoms. The van der Waals surface area contributed by atoms with Gasteiger partial charge in [0.2, 0.25) is 11.8 Å². The molecule has 2 aromatic carbocycles. The van der Waals surface area contributed by atoms with Gasteiger partial charge < -0.3 is 25.7 Å². The van der Waals surface area contributed by atoms with Crippen LogP contribution in [0.5, 0.6) is 0 Å². The summed E-state index contributed by atoms with van der Waals surface area (Å²) in [7, 11) is 0. The Morgan fingerprint density at radius 1 is 0.933 bits per heavy atom. The van der Waals surface area contributed by atoms with Crippen molar-refractivity contribution in [3.63, 3.8) is 0 Å². The topological polar surface area (TPSA) is 132 Å². The van der Waals surface area contributed by atoms with Crippen molar-refractivity contribution in [1.29, 1.82) is 0 Å². The molecule has 0 atom stereocenters. The van der Waals surface area contributed by atoms with E-state index in [0.29, 0.717) is 31.5 Å². The second kappa shape index (κ2) is 13.4. The summed E-state index contributed by atoms with van der Waals surface area (Å²) >= 11 is 0. The van der Waals surface area contributed by atoms with Crippen LogP contribution in [0, 0.1) is 5.92 Å². The Kier molecular flexibility index (Phi) is 9.58. The molecule has 0 bridgehead atoms. The highest BCUT2D eigenvalue weighted by Gasteiger charge is 2.53. The molecule has 9 heteroatoms. The fraction of sp³-hybridized carbons (Fsp3) is 0.444. The van der Waals surface area contributed by atoms with Gasteiger partial charge in [-0.1, -0.05) is 61.5 Å². The van der Waals surface area contributed by atoms with E-state index < -0.39 is 17.2 Å². The number of aliphatic hydroxyl groups is 1. The molecule has 0 unspecified atom stereocenters. The number of carbonyl (C=O) groups is 3. The van der Waals surface area contributed by atoms with Gasteiger partial charge in [-0.25, -0.2) is 9.78 Å². The molecule has 45 heavy (non-hydrogen) atoms. The Bertz CT molecular complexity index is 1510. The summed E-state index contributed by atoms with van der Waals surface area (Å²) in [5, 5.41) is 25.5. The summed E-state index contributed by atoms with van der Waals surface area (Å²) in [4.78, 5) is 43.6. The first-order chi connectivity index (χ1) is 21.5. The first kappa shape index (κ1) is 32.2. The van der Waals surface area contributed by atoms with Crippen molar-refractivity contribution in [2.24, 2.45) is 5.92 Å². The lowest BCUT2D eigenvalue weighted by molar-refractivity contribution is -0.134. The summed E-state index contributed by atoms with van der Waals surface area (Å²) in [6, 6.07) is 19.8. The third kappa shape index (κ3) is 7.36. The molecule has 2 aliphatic rings. The van der Waals surface area contributed by atoms with Crippen molar-refractivity contribution in [3.05, 3.63) is 72.4 Å². The van der Waals surface area contributed by atoms with Crippen molar-refractivity contribution >= 4 is 23.7 Å². The van der Waals surface area contributed by atoms with Crippen molar-refractivity contribution in [1.82, 2.24) is 15.2 Å². The number of hydrogen-bond donors (Lipinski definition) is 4. The normalized spacial score (nSPS) is 24.3. The molecule has 9 nitrogen and oxygen atoms in total. The van der Waals surface area contributed by atoms with Crippen LogP contribution < -0.4 is 10.6 Å². The molecule has 2 saturated carbocycles. The number of pyridine rings is 1. The van der Waals surface area contributed by atoms with E-state index in [-0.39, 0.29) is 23.8 Å². The summed E-state index contributed by atoms with van der Waals surface area (Å²) in [6.45, 7) is 6.37. The predicted molar refractivity (Wildman–Crippen MR) is 174 cm³/mol. The second-order valence-electron chi connectivity index (χ2n) is 12.9. The Morgan fingerprint density at radius 3 is 2.16 bits per heavy atom. The molecular weight excluding hydrogens is 568 g/mol. The van der Waals surface area contributed by atoms with E-state index in [1.54, 1.807) is 13.1 Å². The molecule has 2 aliphatic carbocycles. The number of anilines is 1. The third-order valence-electron chi connectivity index (χ3n) is 9.41. The maximum atomic E-state index is 13.1. The fourth-order valence-corrected chi connectivity index (χ4v) is 7.35. The van der Waals surface area contributed by atoms with E-state index in [9.17, 15) is 24.6 Å². The van der Waals surface area contributed by atoms with Crippen LogP contribution in [0.25, 0.3) is 22.3 Å². The molecule has 238 valence electrons. The first-order valence-electron chi connectivity index (χ1n) is 16.0. The van der Waals surface area contributed by atoms with Crippen LogP contribution in [-0.2, 0) is 15.1 Å². The molecule has 4 N–H and O–H groups in total. The quantitative estimate of drug-likeness (QED) is 0.205. The minimum atomic E-state index is -1.12. The lowest BCUT2D eigenvalue weighted by Crippen LogP contribution is -2.61. The molecule has 1 heterocycles. The Morgan fingerprint density at radius 2 is 1.58 bits per heavy atom. The number of aromatic nitrogens is 1. The van der Waals surface area contributed by atoms with Crippen LogP contribution in [0.3, 0.4) is 0 Å². The highest BCUT2D eigenvalue weighted by molar-refractivity contribution is 5.92. The van der Waals surface area contributed by atoms with Crippen molar-refractivity contribution in [3.8, 4) is 22.3 Å². The van der Waals surface area contributed by atoms with Gasteiger partial charge in [-0.15, -0.1) is 0 Å². The number of nitrogens with one attached hydrogen (secondary N) is 2. The average molecular weight is 613 g/mol. The molecule has 0 aliphatic heterocycles. The third-order valence-corrected chi connectivity index (χ3v) is 9.41. The lowest BCUT2D eigenvalue weighted by atomic mass is 9.62. The van der Waals surface area contributed by atoms with Crippen LogP contribution >= 0.6 is 0 Å². The Labute approximate surface area is 265 Å². The van der Waals surface area contributed by atoms with Crippen LogP contribution in [0.1, 0.15) is 77.7 Å². The predicted octanol–water partition coefficient (Wildman–Crippen LogP) is 6.57. The molecule has 5 rings (SSSR count). The zero-order chi connectivity index (χ0) is 32.2. The summed E-state index contributed by atoms with van der Waals surface area (Å²) in [5.74, 6) is 0.901. The zero-order valence-corrected chi connectivity index (χ0v) is 26.4. The number of nitrogens with zero attached hydrogens (tertiary/aromatic N) is 2. The largest absolute Gasteiger partial charge is 0.465 e. The van der Waals surface area contributed by atoms with Gasteiger partial charge in [0.25, 0.3) is 0 Å². The number of amides is 3. The summed E-state index contributed by atoms with van der Waals surface area (Å²) < 4.78 is 0. The lowest BCUT2D eigenvalue weighted by Gasteiger charge is -2.51. The van der Waals surface area contributed by atoms with E-state index >= 15 is 0 Å². The first-order valence-corrected chi connectivity index (χ1v) is 16.0. The van der Waals surface area contributed by atoms with Crippen molar-refractivity contribution < 1.29 is 24.6 Å². The molecule has 0 saturated heterocycles. The van der Waals surface area contributed by atoms with Crippen LogP contribution in [-0.4, -0.2) is 56.2 Å². The maximum Gasteiger partial charge on any atom is 0.405 e. The van der Waals surface area contributed by atoms with Crippen LogP contribution in [0.2, 0.25) is 0 Å². The van der Waals surface area contributed by atoms with Gasteiger partial charge in [-0.05, 0) is 73.8 Å². The highest BCUT2D eigenvalue weighted by Crippen LogP contribution is 2.48. The van der Waals surface area contributed by atoms with Gasteiger partial charge in [0, 0.05) is 50.0 Å². The second-order valence-corrected chi connectivity index (χ2v) is 12.9. The molecule has 0 radical (unpaired) electrons. The summed E-state index contributed by atoms with van der Waals surface area (Å²) in [5.41, 5.74) is 2.73. The van der Waals surface area contributed by atoms with E-state index in [1.165, 1.54) is 0 Å². The van der Waals surface area contributed by atoms with E-state index in [4.69, 9.17) is 0 Å². The standard InChI is InChI=1S/C36H44N4O5/c1-4-33(42)40(5-2)28-17-11-24(12-18-28)19-32(41)38-31-20-29(25-9-7-6-8-10-25)30(21-37-31)26-13-15-27(16-14-26)36(39-34(43)44)22-35(3,45)23-36/h6-10,13-16,20-21,24,28,39,45H,4-5,11-12,17-19,22-23H2,1-3H3,(H,43,44)(H,37,38,41). The van der Waals surface area contributed by atoms with Crippen LogP contribution in [0.4, 0.5) is 10.6 Å². The molecular formula is C36H44N4O5. The minimum Gasteiger partial charge on any atom is -0.465 e. The van der Waals surface area contributed by atoms with Crippen LogP contribution in [0.15, 0.2) is 66.9 Å². The number of carbonyl (C=O) groups excluding carboxylic acids is 2. The number of benzene rings is 2. The van der Waals surface area contributed by atoms with Gasteiger partial charge in [0.05, 0.1) is 11.1 Å². The highest BCUT2D eigenvalue weighted by atomic mass is 16.4. The number of carboxylic acid groups (broad SMARTS) is 1. The molecule has 1 aromatic heterocycles. The van der Waals surface area contributed by atoms with Crippen molar-refractivity contribution in [2.75, 3.05) is 11.9 Å². The molecule has 3 aromatic rings. The maximum absolute atomic E-state index is 13.1. The number of hydrogen-bond acceptors (Lipinski definition) is 5. The van der Waals surface area contributed by atoms with Gasteiger partial charge >= 0.3 is 6.09 Å². The van der Waals surface area contributed by atoms with Gasteiger partial charge in [0.1, 0.15) is 5.82 Å².